The van der Waals surface area contributed by atoms with Crippen molar-refractivity contribution < 1.29 is 9.90 Å². The van der Waals surface area contributed by atoms with Crippen molar-refractivity contribution in [2.75, 3.05) is 0 Å². The van der Waals surface area contributed by atoms with Crippen LogP contribution in [0.5, 0.6) is 0 Å². The molecule has 1 rings (SSSR count). The average molecular weight is 184 g/mol. The second kappa shape index (κ2) is 3.15. The Morgan fingerprint density at radius 1 is 1.75 bits per heavy atom. The summed E-state index contributed by atoms with van der Waals surface area (Å²) in [6.45, 7) is 0. The van der Waals surface area contributed by atoms with Gasteiger partial charge in [-0.2, -0.15) is 5.26 Å². The summed E-state index contributed by atoms with van der Waals surface area (Å²) in [6.07, 6.45) is 1.07. The molecule has 0 fully saturated rings. The van der Waals surface area contributed by atoms with Gasteiger partial charge in [-0.05, 0) is 11.6 Å². The van der Waals surface area contributed by atoms with E-state index in [0.29, 0.717) is 0 Å². The van der Waals surface area contributed by atoms with Crippen LogP contribution in [0.15, 0.2) is 6.20 Å². The normalized spacial score (nSPS) is 9.00. The number of carboxylic acids is 1. The lowest BCUT2D eigenvalue weighted by Gasteiger charge is -1.95. The zero-order valence-electron chi connectivity index (χ0n) is 5.65. The van der Waals surface area contributed by atoms with E-state index in [1.807, 2.05) is 0 Å². The van der Waals surface area contributed by atoms with Crippen LogP contribution in [0.4, 0.5) is 0 Å². The second-order valence-electron chi connectivity index (χ2n) is 1.82. The molecule has 1 heterocycles. The van der Waals surface area contributed by atoms with Crippen molar-refractivity contribution in [2.24, 2.45) is 0 Å². The molecule has 1 N–H and O–H groups in total. The highest BCUT2D eigenvalue weighted by molar-refractivity contribution is 6.28. The summed E-state index contributed by atoms with van der Waals surface area (Å²) >= 11 is 5.32. The van der Waals surface area contributed by atoms with Crippen molar-refractivity contribution in [3.05, 3.63) is 22.7 Å². The van der Waals surface area contributed by atoms with Crippen molar-refractivity contribution in [1.29, 1.82) is 5.26 Å². The number of aromatic carboxylic acids is 1. The molecule has 0 unspecified atom stereocenters. The van der Waals surface area contributed by atoms with Gasteiger partial charge in [-0.1, -0.05) is 0 Å². The van der Waals surface area contributed by atoms with Gasteiger partial charge < -0.3 is 5.11 Å². The quantitative estimate of drug-likeness (QED) is 0.648. The molecule has 0 bridgehead atoms. The summed E-state index contributed by atoms with van der Waals surface area (Å²) < 4.78 is 0. The SMILES string of the molecule is N#Cc1cnc(Cl)nc1C(=O)O. The molecule has 60 valence electrons. The first-order valence-electron chi connectivity index (χ1n) is 2.81. The Morgan fingerprint density at radius 2 is 2.42 bits per heavy atom. The van der Waals surface area contributed by atoms with Gasteiger partial charge in [-0.3, -0.25) is 0 Å². The number of nitriles is 1. The molecular formula is C6H2ClN3O2. The lowest BCUT2D eigenvalue weighted by Crippen LogP contribution is -2.04. The Bertz CT molecular complexity index is 372. The topological polar surface area (TPSA) is 86.9 Å². The molecule has 0 spiro atoms. The van der Waals surface area contributed by atoms with E-state index in [9.17, 15) is 4.79 Å². The van der Waals surface area contributed by atoms with Crippen molar-refractivity contribution in [1.82, 2.24) is 9.97 Å². The van der Waals surface area contributed by atoms with Gasteiger partial charge in [0, 0.05) is 0 Å². The number of carbonyl (C=O) groups is 1. The van der Waals surface area contributed by atoms with E-state index in [1.165, 1.54) is 0 Å². The maximum Gasteiger partial charge on any atom is 0.356 e. The van der Waals surface area contributed by atoms with Crippen LogP contribution in [0, 0.1) is 11.3 Å². The minimum Gasteiger partial charge on any atom is -0.476 e. The summed E-state index contributed by atoms with van der Waals surface area (Å²) in [5.74, 6) is -1.30. The van der Waals surface area contributed by atoms with Crippen molar-refractivity contribution in [3.63, 3.8) is 0 Å². The average Bonchev–Trinajstić information content (AvgIpc) is 2.04. The Kier molecular flexibility index (Phi) is 2.21. The number of carboxylic acid groups (broad SMARTS) is 1. The van der Waals surface area contributed by atoms with Crippen molar-refractivity contribution >= 4 is 17.6 Å². The molecule has 0 aliphatic rings. The standard InChI is InChI=1S/C6H2ClN3O2/c7-6-9-2-3(1-8)4(10-6)5(11)12/h2H,(H,11,12). The fraction of sp³-hybridized carbons (Fsp3) is 0. The number of halogens is 1. The van der Waals surface area contributed by atoms with Crippen LogP contribution in [-0.2, 0) is 0 Å². The predicted octanol–water partition coefficient (Wildman–Crippen LogP) is 0.700. The first-order chi connectivity index (χ1) is 5.65. The van der Waals surface area contributed by atoms with Crippen LogP contribution in [0.3, 0.4) is 0 Å². The highest BCUT2D eigenvalue weighted by Crippen LogP contribution is 2.06. The molecule has 5 nitrogen and oxygen atoms in total. The lowest BCUT2D eigenvalue weighted by molar-refractivity contribution is 0.0690. The Balaban J connectivity index is 3.34. The van der Waals surface area contributed by atoms with Gasteiger partial charge >= 0.3 is 5.97 Å². The van der Waals surface area contributed by atoms with E-state index in [-0.39, 0.29) is 16.5 Å². The summed E-state index contributed by atoms with van der Waals surface area (Å²) in [6, 6.07) is 1.64. The summed E-state index contributed by atoms with van der Waals surface area (Å²) in [5, 5.41) is 16.8. The molecule has 1 aromatic rings. The molecular weight excluding hydrogens is 182 g/mol. The lowest BCUT2D eigenvalue weighted by atomic mass is 10.2. The highest BCUT2D eigenvalue weighted by atomic mass is 35.5. The van der Waals surface area contributed by atoms with Crippen molar-refractivity contribution in [3.8, 4) is 6.07 Å². The van der Waals surface area contributed by atoms with Crippen molar-refractivity contribution in [2.45, 2.75) is 0 Å². The first-order valence-corrected chi connectivity index (χ1v) is 3.19. The third kappa shape index (κ3) is 1.49. The van der Waals surface area contributed by atoms with Crippen LogP contribution in [-0.4, -0.2) is 21.0 Å². The zero-order valence-corrected chi connectivity index (χ0v) is 6.41. The number of hydrogen-bond acceptors (Lipinski definition) is 4. The molecule has 0 atom stereocenters. The maximum atomic E-state index is 10.4. The summed E-state index contributed by atoms with van der Waals surface area (Å²) in [5.41, 5.74) is -0.482. The van der Waals surface area contributed by atoms with Gasteiger partial charge in [0.05, 0.1) is 6.20 Å². The largest absolute Gasteiger partial charge is 0.476 e. The van der Waals surface area contributed by atoms with Gasteiger partial charge in [-0.15, -0.1) is 0 Å². The number of rotatable bonds is 1. The molecule has 0 saturated heterocycles. The van der Waals surface area contributed by atoms with Gasteiger partial charge in [0.1, 0.15) is 11.6 Å². The third-order valence-corrected chi connectivity index (χ3v) is 1.26. The number of aromatic nitrogens is 2. The Morgan fingerprint density at radius 3 is 2.92 bits per heavy atom. The second-order valence-corrected chi connectivity index (χ2v) is 2.16. The third-order valence-electron chi connectivity index (χ3n) is 1.08. The minimum absolute atomic E-state index is 0.105. The maximum absolute atomic E-state index is 10.4. The predicted molar refractivity (Wildman–Crippen MR) is 38.7 cm³/mol. The molecule has 0 radical (unpaired) electrons. The minimum atomic E-state index is -1.30. The van der Waals surface area contributed by atoms with Gasteiger partial charge in [0.15, 0.2) is 5.69 Å². The highest BCUT2D eigenvalue weighted by Gasteiger charge is 2.12. The van der Waals surface area contributed by atoms with Crippen LogP contribution in [0.1, 0.15) is 16.1 Å². The molecule has 6 heteroatoms. The fourth-order valence-corrected chi connectivity index (χ4v) is 0.738. The Hall–Kier alpha value is -1.67. The summed E-state index contributed by atoms with van der Waals surface area (Å²) in [4.78, 5) is 17.3. The molecule has 0 aliphatic carbocycles. The van der Waals surface area contributed by atoms with E-state index in [0.717, 1.165) is 6.20 Å². The molecule has 0 aromatic carbocycles. The number of hydrogen-bond donors (Lipinski definition) is 1. The molecule has 0 aliphatic heterocycles. The van der Waals surface area contributed by atoms with E-state index in [1.54, 1.807) is 6.07 Å². The van der Waals surface area contributed by atoms with Gasteiger partial charge in [0.25, 0.3) is 0 Å². The summed E-state index contributed by atoms with van der Waals surface area (Å²) in [7, 11) is 0. The molecule has 0 amide bonds. The van der Waals surface area contributed by atoms with Gasteiger partial charge in [-0.25, -0.2) is 14.8 Å². The Labute approximate surface area is 72.3 Å². The first kappa shape index (κ1) is 8.43. The monoisotopic (exact) mass is 183 g/mol. The van der Waals surface area contributed by atoms with E-state index in [2.05, 4.69) is 9.97 Å². The molecule has 1 aromatic heterocycles. The van der Waals surface area contributed by atoms with Crippen LogP contribution in [0.25, 0.3) is 0 Å². The van der Waals surface area contributed by atoms with Crippen LogP contribution in [0.2, 0.25) is 5.28 Å². The van der Waals surface area contributed by atoms with E-state index < -0.39 is 5.97 Å². The van der Waals surface area contributed by atoms with Crippen LogP contribution >= 0.6 is 11.6 Å². The smallest absolute Gasteiger partial charge is 0.356 e. The number of nitrogens with zero attached hydrogens (tertiary/aromatic N) is 3. The van der Waals surface area contributed by atoms with Crippen LogP contribution < -0.4 is 0 Å². The zero-order chi connectivity index (χ0) is 9.14. The molecule has 0 saturated carbocycles. The van der Waals surface area contributed by atoms with E-state index >= 15 is 0 Å². The molecule has 12 heavy (non-hydrogen) atoms. The van der Waals surface area contributed by atoms with Gasteiger partial charge in [0.2, 0.25) is 5.28 Å². The fourth-order valence-electron chi connectivity index (χ4n) is 0.605. The van der Waals surface area contributed by atoms with E-state index in [4.69, 9.17) is 22.0 Å².